The molecule has 1 heterocycles. The number of halogens is 5. The molecule has 1 atom stereocenters. The van der Waals surface area contributed by atoms with Crippen LogP contribution in [0.2, 0.25) is 5.02 Å². The molecule has 0 saturated carbocycles. The van der Waals surface area contributed by atoms with Crippen molar-refractivity contribution in [3.8, 4) is 11.5 Å². The minimum absolute atomic E-state index is 0.198. The van der Waals surface area contributed by atoms with Crippen molar-refractivity contribution in [1.29, 1.82) is 0 Å². The van der Waals surface area contributed by atoms with Crippen molar-refractivity contribution in [2.45, 2.75) is 12.2 Å². The molecule has 0 aliphatic heterocycles. The molecule has 0 amide bonds. The van der Waals surface area contributed by atoms with E-state index in [4.69, 9.17) is 16.3 Å². The second-order valence-corrected chi connectivity index (χ2v) is 7.06. The van der Waals surface area contributed by atoms with E-state index in [1.807, 2.05) is 30.3 Å². The number of rotatable bonds is 5. The van der Waals surface area contributed by atoms with E-state index in [0.29, 0.717) is 17.1 Å². The van der Waals surface area contributed by atoms with E-state index in [0.717, 1.165) is 11.6 Å². The number of alkyl halides is 3. The first-order valence-electron chi connectivity index (χ1n) is 9.03. The van der Waals surface area contributed by atoms with Crippen LogP contribution in [-0.4, -0.2) is 26.7 Å². The van der Waals surface area contributed by atoms with Gasteiger partial charge in [-0.1, -0.05) is 47.1 Å². The third-order valence-corrected chi connectivity index (χ3v) is 4.93. The predicted octanol–water partition coefficient (Wildman–Crippen LogP) is 5.62. The van der Waals surface area contributed by atoms with Crippen LogP contribution in [0.3, 0.4) is 0 Å². The Morgan fingerprint density at radius 3 is 2.42 bits per heavy atom. The van der Waals surface area contributed by atoms with Crippen LogP contribution >= 0.6 is 11.6 Å². The minimum Gasteiger partial charge on any atom is -0.457 e. The summed E-state index contributed by atoms with van der Waals surface area (Å²) in [6.07, 6.45) is -4.92. The number of benzene rings is 3. The van der Waals surface area contributed by atoms with Gasteiger partial charge in [-0.25, -0.2) is 9.07 Å². The highest BCUT2D eigenvalue weighted by atomic mass is 35.5. The van der Waals surface area contributed by atoms with Gasteiger partial charge in [0.15, 0.2) is 0 Å². The number of fused-ring (bicyclic) bond motifs is 1. The highest BCUT2D eigenvalue weighted by Gasteiger charge is 2.37. The van der Waals surface area contributed by atoms with Crippen LogP contribution in [0.1, 0.15) is 17.2 Å². The Bertz CT molecular complexity index is 1210. The molecule has 0 radical (unpaired) electrons. The molecule has 0 fully saturated rings. The number of hydrogen-bond acceptors (Lipinski definition) is 4. The Labute approximate surface area is 178 Å². The third-order valence-electron chi connectivity index (χ3n) is 4.63. The summed E-state index contributed by atoms with van der Waals surface area (Å²) < 4.78 is 59.7. The largest absolute Gasteiger partial charge is 0.457 e. The van der Waals surface area contributed by atoms with Gasteiger partial charge in [-0.05, 0) is 17.7 Å². The molecule has 4 aromatic rings. The summed E-state index contributed by atoms with van der Waals surface area (Å²) >= 11 is 5.62. The summed E-state index contributed by atoms with van der Waals surface area (Å²) in [7, 11) is 0. The van der Waals surface area contributed by atoms with Crippen LogP contribution in [-0.2, 0) is 6.18 Å². The fourth-order valence-electron chi connectivity index (χ4n) is 3.22. The van der Waals surface area contributed by atoms with Gasteiger partial charge in [0.05, 0.1) is 17.1 Å². The lowest BCUT2D eigenvalue weighted by Gasteiger charge is -2.16. The Morgan fingerprint density at radius 1 is 1.03 bits per heavy atom. The van der Waals surface area contributed by atoms with Crippen LogP contribution in [0, 0.1) is 5.82 Å². The van der Waals surface area contributed by atoms with Crippen LogP contribution in [0.15, 0.2) is 60.7 Å². The average molecular weight is 452 g/mol. The molecule has 0 aliphatic carbocycles. The summed E-state index contributed by atoms with van der Waals surface area (Å²) in [6, 6.07) is 14.8. The first-order valence-corrected chi connectivity index (χ1v) is 9.40. The Balaban J connectivity index is 1.70. The lowest BCUT2D eigenvalue weighted by atomic mass is 10.1. The zero-order valence-corrected chi connectivity index (χ0v) is 16.4. The molecule has 4 rings (SSSR count). The second-order valence-electron chi connectivity index (χ2n) is 6.66. The normalized spacial score (nSPS) is 12.8. The van der Waals surface area contributed by atoms with Crippen LogP contribution in [0.25, 0.3) is 11.0 Å². The van der Waals surface area contributed by atoms with Crippen LogP contribution < -0.4 is 4.74 Å². The van der Waals surface area contributed by atoms with Gasteiger partial charge in [0.1, 0.15) is 34.4 Å². The fourth-order valence-corrected chi connectivity index (χ4v) is 3.53. The molecular weight excluding hydrogens is 438 g/mol. The van der Waals surface area contributed by atoms with E-state index >= 15 is 0 Å². The standard InChI is InChI=1S/C21H14ClF4N3O2/c22-15-8-14(9-16(23)20(15)21(24,25)26)31-13-6-7-17-18(10-13)29(28-27-17)19(11-30)12-4-2-1-3-5-12/h1-10,19,30H,11H2/t19-/m1/s1. The average Bonchev–Trinajstić information content (AvgIpc) is 3.11. The van der Waals surface area contributed by atoms with Gasteiger partial charge in [-0.15, -0.1) is 5.10 Å². The second kappa shape index (κ2) is 8.16. The number of ether oxygens (including phenoxy) is 1. The lowest BCUT2D eigenvalue weighted by Crippen LogP contribution is -2.16. The molecule has 1 aromatic heterocycles. The van der Waals surface area contributed by atoms with Crippen molar-refractivity contribution < 1.29 is 27.4 Å². The highest BCUT2D eigenvalue weighted by Crippen LogP contribution is 2.39. The highest BCUT2D eigenvalue weighted by molar-refractivity contribution is 6.31. The van der Waals surface area contributed by atoms with E-state index in [1.54, 1.807) is 12.1 Å². The zero-order chi connectivity index (χ0) is 22.2. The Kier molecular flexibility index (Phi) is 5.55. The van der Waals surface area contributed by atoms with Gasteiger partial charge in [0.2, 0.25) is 0 Å². The summed E-state index contributed by atoms with van der Waals surface area (Å²) in [6.45, 7) is -0.243. The zero-order valence-electron chi connectivity index (χ0n) is 15.6. The van der Waals surface area contributed by atoms with E-state index < -0.39 is 28.6 Å². The molecular formula is C21H14ClF4N3O2. The molecule has 31 heavy (non-hydrogen) atoms. The molecule has 160 valence electrons. The van der Waals surface area contributed by atoms with Crippen LogP contribution in [0.5, 0.6) is 11.5 Å². The van der Waals surface area contributed by atoms with Gasteiger partial charge in [-0.3, -0.25) is 0 Å². The number of aromatic nitrogens is 3. The molecule has 0 spiro atoms. The van der Waals surface area contributed by atoms with Crippen molar-refractivity contribution in [1.82, 2.24) is 15.0 Å². The van der Waals surface area contributed by atoms with Gasteiger partial charge in [-0.2, -0.15) is 13.2 Å². The van der Waals surface area contributed by atoms with Gasteiger partial charge in [0, 0.05) is 18.2 Å². The number of aliphatic hydroxyl groups excluding tert-OH is 1. The maximum Gasteiger partial charge on any atom is 0.420 e. The monoisotopic (exact) mass is 451 g/mol. The molecule has 0 unspecified atom stereocenters. The molecule has 0 bridgehead atoms. The topological polar surface area (TPSA) is 60.2 Å². The fraction of sp³-hybridized carbons (Fsp3) is 0.143. The molecule has 5 nitrogen and oxygen atoms in total. The van der Waals surface area contributed by atoms with Crippen LogP contribution in [0.4, 0.5) is 17.6 Å². The van der Waals surface area contributed by atoms with Gasteiger partial charge in [0.25, 0.3) is 0 Å². The minimum atomic E-state index is -4.92. The predicted molar refractivity (Wildman–Crippen MR) is 106 cm³/mol. The van der Waals surface area contributed by atoms with Crippen molar-refractivity contribution in [2.24, 2.45) is 0 Å². The van der Waals surface area contributed by atoms with Crippen molar-refractivity contribution in [2.75, 3.05) is 6.61 Å². The third kappa shape index (κ3) is 4.19. The summed E-state index contributed by atoms with van der Waals surface area (Å²) in [5, 5.41) is 17.3. The van der Waals surface area contributed by atoms with Crippen molar-refractivity contribution in [3.05, 3.63) is 82.6 Å². The Morgan fingerprint density at radius 2 is 1.77 bits per heavy atom. The summed E-state index contributed by atoms with van der Waals surface area (Å²) in [4.78, 5) is 0. The molecule has 10 heteroatoms. The number of aliphatic hydroxyl groups is 1. The van der Waals surface area contributed by atoms with E-state index in [9.17, 15) is 22.7 Å². The lowest BCUT2D eigenvalue weighted by molar-refractivity contribution is -0.139. The maximum absolute atomic E-state index is 14.0. The SMILES string of the molecule is OC[C@H](c1ccccc1)n1nnc2ccc(Oc3cc(F)c(C(F)(F)F)c(Cl)c3)cc21. The molecule has 0 saturated heterocycles. The summed E-state index contributed by atoms with van der Waals surface area (Å²) in [5.41, 5.74) is 0.282. The molecule has 1 N–H and O–H groups in total. The first-order chi connectivity index (χ1) is 14.8. The van der Waals surface area contributed by atoms with Gasteiger partial charge < -0.3 is 9.84 Å². The van der Waals surface area contributed by atoms with E-state index in [2.05, 4.69) is 10.3 Å². The number of nitrogens with zero attached hydrogens (tertiary/aromatic N) is 3. The van der Waals surface area contributed by atoms with E-state index in [1.165, 1.54) is 10.7 Å². The number of hydrogen-bond donors (Lipinski definition) is 1. The van der Waals surface area contributed by atoms with Crippen molar-refractivity contribution >= 4 is 22.6 Å². The van der Waals surface area contributed by atoms with E-state index in [-0.39, 0.29) is 18.1 Å². The maximum atomic E-state index is 14.0. The molecule has 3 aromatic carbocycles. The first kappa shape index (κ1) is 21.1. The molecule has 0 aliphatic rings. The Hall–Kier alpha value is -3.17. The van der Waals surface area contributed by atoms with Crippen molar-refractivity contribution in [3.63, 3.8) is 0 Å². The van der Waals surface area contributed by atoms with Gasteiger partial charge >= 0.3 is 6.18 Å². The quantitative estimate of drug-likeness (QED) is 0.400. The smallest absolute Gasteiger partial charge is 0.420 e. The summed E-state index contributed by atoms with van der Waals surface area (Å²) in [5.74, 6) is -1.53.